The highest BCUT2D eigenvalue weighted by atomic mass is 19.1. The van der Waals surface area contributed by atoms with Crippen molar-refractivity contribution in [3.8, 4) is 11.3 Å². The maximum absolute atomic E-state index is 13.7. The first-order valence-electron chi connectivity index (χ1n) is 5.73. The molecule has 2 nitrogen and oxygen atoms in total. The van der Waals surface area contributed by atoms with Crippen molar-refractivity contribution in [2.24, 2.45) is 5.73 Å². The molecule has 0 amide bonds. The van der Waals surface area contributed by atoms with E-state index in [9.17, 15) is 4.39 Å². The average molecular weight is 233 g/mol. The van der Waals surface area contributed by atoms with Crippen LogP contribution in [0.3, 0.4) is 0 Å². The van der Waals surface area contributed by atoms with Crippen molar-refractivity contribution in [1.29, 1.82) is 0 Å². The number of aryl methyl sites for hydroxylation is 1. The molecular formula is C14H16FNO. The Kier molecular flexibility index (Phi) is 3.29. The van der Waals surface area contributed by atoms with E-state index in [1.807, 2.05) is 19.9 Å². The van der Waals surface area contributed by atoms with Gasteiger partial charge in [0.2, 0.25) is 0 Å². The number of rotatable bonds is 3. The monoisotopic (exact) mass is 233 g/mol. The second kappa shape index (κ2) is 4.72. The van der Waals surface area contributed by atoms with Gasteiger partial charge in [0.05, 0.1) is 11.6 Å². The first-order chi connectivity index (χ1) is 8.11. The standard InChI is InChI=1S/C14H16FNO/c1-3-12(16)14-7-6-13(17-14)10-8-9(2)4-5-11(10)15/h4-8,12H,3,16H2,1-2H3. The van der Waals surface area contributed by atoms with Crippen LogP contribution in [0.25, 0.3) is 11.3 Å². The largest absolute Gasteiger partial charge is 0.459 e. The SMILES string of the molecule is CCC(N)c1ccc(-c2cc(C)ccc2F)o1. The van der Waals surface area contributed by atoms with Crippen molar-refractivity contribution in [2.75, 3.05) is 0 Å². The molecule has 0 saturated carbocycles. The van der Waals surface area contributed by atoms with Gasteiger partial charge in [0.15, 0.2) is 0 Å². The van der Waals surface area contributed by atoms with Gasteiger partial charge in [-0.25, -0.2) is 4.39 Å². The van der Waals surface area contributed by atoms with Gasteiger partial charge >= 0.3 is 0 Å². The van der Waals surface area contributed by atoms with Gasteiger partial charge in [0.25, 0.3) is 0 Å². The van der Waals surface area contributed by atoms with Gasteiger partial charge < -0.3 is 10.2 Å². The van der Waals surface area contributed by atoms with E-state index in [0.29, 0.717) is 17.1 Å². The zero-order valence-corrected chi connectivity index (χ0v) is 10.0. The minimum atomic E-state index is -0.276. The predicted molar refractivity (Wildman–Crippen MR) is 66.1 cm³/mol. The Balaban J connectivity index is 2.40. The van der Waals surface area contributed by atoms with Crippen LogP contribution >= 0.6 is 0 Å². The number of hydrogen-bond acceptors (Lipinski definition) is 2. The second-order valence-corrected chi connectivity index (χ2v) is 4.20. The lowest BCUT2D eigenvalue weighted by Gasteiger charge is -2.05. The van der Waals surface area contributed by atoms with Crippen molar-refractivity contribution in [2.45, 2.75) is 26.3 Å². The Morgan fingerprint density at radius 1 is 1.29 bits per heavy atom. The number of halogens is 1. The molecule has 2 rings (SSSR count). The molecule has 0 aliphatic carbocycles. The van der Waals surface area contributed by atoms with Gasteiger partial charge in [-0.1, -0.05) is 18.6 Å². The van der Waals surface area contributed by atoms with E-state index >= 15 is 0 Å². The van der Waals surface area contributed by atoms with Gasteiger partial charge in [0, 0.05) is 0 Å². The summed E-state index contributed by atoms with van der Waals surface area (Å²) in [5.74, 6) is 0.954. The molecule has 3 heteroatoms. The molecular weight excluding hydrogens is 217 g/mol. The molecule has 1 unspecified atom stereocenters. The van der Waals surface area contributed by atoms with Crippen molar-refractivity contribution in [3.05, 3.63) is 47.5 Å². The van der Waals surface area contributed by atoms with Crippen LogP contribution in [-0.2, 0) is 0 Å². The molecule has 0 fully saturated rings. The molecule has 0 aliphatic rings. The summed E-state index contributed by atoms with van der Waals surface area (Å²) >= 11 is 0. The van der Waals surface area contributed by atoms with E-state index in [1.54, 1.807) is 18.2 Å². The minimum Gasteiger partial charge on any atom is -0.459 e. The zero-order chi connectivity index (χ0) is 12.4. The topological polar surface area (TPSA) is 39.2 Å². The summed E-state index contributed by atoms with van der Waals surface area (Å²) in [5, 5.41) is 0. The molecule has 17 heavy (non-hydrogen) atoms. The Hall–Kier alpha value is -1.61. The Bertz CT molecular complexity index is 519. The van der Waals surface area contributed by atoms with Crippen LogP contribution < -0.4 is 5.73 Å². The first-order valence-corrected chi connectivity index (χ1v) is 5.73. The summed E-state index contributed by atoms with van der Waals surface area (Å²) in [6.45, 7) is 3.91. The molecule has 1 aromatic heterocycles. The minimum absolute atomic E-state index is 0.128. The predicted octanol–water partition coefficient (Wildman–Crippen LogP) is 3.80. The van der Waals surface area contributed by atoms with E-state index in [4.69, 9.17) is 10.2 Å². The van der Waals surface area contributed by atoms with Crippen molar-refractivity contribution in [1.82, 2.24) is 0 Å². The van der Waals surface area contributed by atoms with Crippen LogP contribution in [0.2, 0.25) is 0 Å². The number of hydrogen-bond donors (Lipinski definition) is 1. The van der Waals surface area contributed by atoms with Gasteiger partial charge in [0.1, 0.15) is 17.3 Å². The van der Waals surface area contributed by atoms with Crippen LogP contribution in [0.4, 0.5) is 4.39 Å². The quantitative estimate of drug-likeness (QED) is 0.875. The number of benzene rings is 1. The Morgan fingerprint density at radius 2 is 2.06 bits per heavy atom. The lowest BCUT2D eigenvalue weighted by Crippen LogP contribution is -2.06. The molecule has 2 N–H and O–H groups in total. The first kappa shape index (κ1) is 11.9. The van der Waals surface area contributed by atoms with Crippen LogP contribution in [0, 0.1) is 12.7 Å². The normalized spacial score (nSPS) is 12.7. The second-order valence-electron chi connectivity index (χ2n) is 4.20. The van der Waals surface area contributed by atoms with Crippen LogP contribution in [0.1, 0.15) is 30.7 Å². The Labute approximate surface area is 100 Å². The van der Waals surface area contributed by atoms with E-state index in [1.165, 1.54) is 6.07 Å². The molecule has 0 aliphatic heterocycles. The molecule has 0 bridgehead atoms. The molecule has 0 spiro atoms. The molecule has 2 aromatic rings. The van der Waals surface area contributed by atoms with Crippen molar-refractivity contribution in [3.63, 3.8) is 0 Å². The smallest absolute Gasteiger partial charge is 0.137 e. The average Bonchev–Trinajstić information content (AvgIpc) is 2.80. The fraction of sp³-hybridized carbons (Fsp3) is 0.286. The third-order valence-corrected chi connectivity index (χ3v) is 2.82. The highest BCUT2D eigenvalue weighted by molar-refractivity contribution is 5.59. The Morgan fingerprint density at radius 3 is 2.76 bits per heavy atom. The van der Waals surface area contributed by atoms with E-state index < -0.39 is 0 Å². The highest BCUT2D eigenvalue weighted by Crippen LogP contribution is 2.28. The van der Waals surface area contributed by atoms with Crippen molar-refractivity contribution < 1.29 is 8.81 Å². The summed E-state index contributed by atoms with van der Waals surface area (Å²) in [5.41, 5.74) is 7.35. The number of furan rings is 1. The third kappa shape index (κ3) is 2.39. The summed E-state index contributed by atoms with van der Waals surface area (Å²) in [7, 11) is 0. The van der Waals surface area contributed by atoms with Crippen LogP contribution in [0.5, 0.6) is 0 Å². The van der Waals surface area contributed by atoms with Gasteiger partial charge in [-0.15, -0.1) is 0 Å². The summed E-state index contributed by atoms with van der Waals surface area (Å²) in [6, 6.07) is 8.41. The van der Waals surface area contributed by atoms with E-state index in [0.717, 1.165) is 12.0 Å². The van der Waals surface area contributed by atoms with E-state index in [-0.39, 0.29) is 11.9 Å². The highest BCUT2D eigenvalue weighted by Gasteiger charge is 2.13. The fourth-order valence-electron chi connectivity index (χ4n) is 1.73. The molecule has 0 radical (unpaired) electrons. The van der Waals surface area contributed by atoms with E-state index in [2.05, 4.69) is 0 Å². The van der Waals surface area contributed by atoms with Crippen LogP contribution in [0.15, 0.2) is 34.7 Å². The number of nitrogens with two attached hydrogens (primary N) is 1. The lowest BCUT2D eigenvalue weighted by atomic mass is 10.1. The molecule has 0 saturated heterocycles. The van der Waals surface area contributed by atoms with Gasteiger partial charge in [-0.05, 0) is 37.6 Å². The van der Waals surface area contributed by atoms with Crippen LogP contribution in [-0.4, -0.2) is 0 Å². The molecule has 90 valence electrons. The third-order valence-electron chi connectivity index (χ3n) is 2.82. The summed E-state index contributed by atoms with van der Waals surface area (Å²) < 4.78 is 19.2. The molecule has 1 aromatic carbocycles. The fourth-order valence-corrected chi connectivity index (χ4v) is 1.73. The molecule has 1 atom stereocenters. The summed E-state index contributed by atoms with van der Waals surface area (Å²) in [6.07, 6.45) is 0.795. The summed E-state index contributed by atoms with van der Waals surface area (Å²) in [4.78, 5) is 0. The maximum atomic E-state index is 13.7. The van der Waals surface area contributed by atoms with Gasteiger partial charge in [-0.2, -0.15) is 0 Å². The maximum Gasteiger partial charge on any atom is 0.137 e. The molecule has 1 heterocycles. The lowest BCUT2D eigenvalue weighted by molar-refractivity contribution is 0.467. The van der Waals surface area contributed by atoms with Gasteiger partial charge in [-0.3, -0.25) is 0 Å². The zero-order valence-electron chi connectivity index (χ0n) is 10.0. The van der Waals surface area contributed by atoms with Crippen molar-refractivity contribution >= 4 is 0 Å².